The summed E-state index contributed by atoms with van der Waals surface area (Å²) in [7, 11) is 2.18. The molecule has 112 valence electrons. The topological polar surface area (TPSA) is 29.5 Å². The third-order valence-electron chi connectivity index (χ3n) is 4.55. The third-order valence-corrected chi connectivity index (χ3v) is 4.55. The van der Waals surface area contributed by atoms with Crippen LogP contribution in [0.4, 0.5) is 0 Å². The molecule has 1 aromatic carbocycles. The Morgan fingerprint density at radius 2 is 1.90 bits per heavy atom. The molecule has 1 fully saturated rings. The van der Waals surface area contributed by atoms with Crippen LogP contribution in [0, 0.1) is 0 Å². The molecule has 0 bridgehead atoms. The Morgan fingerprint density at radius 1 is 1.25 bits per heavy atom. The fourth-order valence-electron chi connectivity index (χ4n) is 2.57. The van der Waals surface area contributed by atoms with E-state index in [4.69, 9.17) is 4.74 Å². The molecule has 0 heterocycles. The van der Waals surface area contributed by atoms with Gasteiger partial charge in [0.15, 0.2) is 0 Å². The Morgan fingerprint density at radius 3 is 2.50 bits per heavy atom. The van der Waals surface area contributed by atoms with Crippen LogP contribution >= 0.6 is 0 Å². The van der Waals surface area contributed by atoms with E-state index in [9.17, 15) is 5.11 Å². The maximum atomic E-state index is 10.2. The fourth-order valence-corrected chi connectivity index (χ4v) is 2.57. The predicted molar refractivity (Wildman–Crippen MR) is 82.1 cm³/mol. The average molecular weight is 278 g/mol. The van der Waals surface area contributed by atoms with E-state index in [1.807, 2.05) is 12.1 Å². The molecule has 1 aromatic rings. The van der Waals surface area contributed by atoms with Gasteiger partial charge in [-0.3, -0.25) is 0 Å². The first-order valence-corrected chi connectivity index (χ1v) is 7.81. The van der Waals surface area contributed by atoms with Gasteiger partial charge in [-0.05, 0) is 44.2 Å². The van der Waals surface area contributed by atoms with Gasteiger partial charge in [-0.25, -0.2) is 0 Å². The molecule has 0 aliphatic heterocycles. The SMILES string of the molecule is CC[N+](C)(CC)CC(O)COc1ccccc1C1CC1. The first-order chi connectivity index (χ1) is 9.58. The highest BCUT2D eigenvalue weighted by molar-refractivity contribution is 5.38. The van der Waals surface area contributed by atoms with Crippen molar-refractivity contribution in [1.82, 2.24) is 0 Å². The van der Waals surface area contributed by atoms with Crippen molar-refractivity contribution < 1.29 is 14.3 Å². The van der Waals surface area contributed by atoms with E-state index < -0.39 is 6.10 Å². The van der Waals surface area contributed by atoms with Gasteiger partial charge >= 0.3 is 0 Å². The van der Waals surface area contributed by atoms with E-state index in [0.717, 1.165) is 29.9 Å². The Balaban J connectivity index is 1.89. The van der Waals surface area contributed by atoms with Crippen molar-refractivity contribution >= 4 is 0 Å². The fraction of sp³-hybridized carbons (Fsp3) is 0.647. The number of quaternary nitrogens is 1. The molecule has 1 aliphatic carbocycles. The largest absolute Gasteiger partial charge is 0.490 e. The second-order valence-corrected chi connectivity index (χ2v) is 6.21. The monoisotopic (exact) mass is 278 g/mol. The predicted octanol–water partition coefficient (Wildman–Crippen LogP) is 2.79. The van der Waals surface area contributed by atoms with Gasteiger partial charge in [-0.2, -0.15) is 0 Å². The third kappa shape index (κ3) is 3.97. The lowest BCUT2D eigenvalue weighted by atomic mass is 10.1. The number of hydrogen-bond acceptors (Lipinski definition) is 2. The summed E-state index contributed by atoms with van der Waals surface area (Å²) in [4.78, 5) is 0. The second-order valence-electron chi connectivity index (χ2n) is 6.21. The Kier molecular flexibility index (Phi) is 5.06. The zero-order valence-electron chi connectivity index (χ0n) is 13.0. The molecular weight excluding hydrogens is 250 g/mol. The molecule has 0 spiro atoms. The standard InChI is InChI=1S/C17H28NO2/c1-4-18(3,5-2)12-15(19)13-20-17-9-7-6-8-16(17)14-10-11-14/h6-9,14-15,19H,4-5,10-13H2,1-3H3/q+1. The number of aliphatic hydroxyl groups excluding tert-OH is 1. The molecule has 1 aliphatic rings. The molecule has 20 heavy (non-hydrogen) atoms. The van der Waals surface area contributed by atoms with Crippen molar-refractivity contribution in [2.75, 3.05) is 33.3 Å². The van der Waals surface area contributed by atoms with E-state index >= 15 is 0 Å². The van der Waals surface area contributed by atoms with Crippen molar-refractivity contribution in [2.45, 2.75) is 38.7 Å². The lowest BCUT2D eigenvalue weighted by Crippen LogP contribution is -2.49. The summed E-state index contributed by atoms with van der Waals surface area (Å²) in [5.74, 6) is 1.63. The number of likely N-dealkylation sites (N-methyl/N-ethyl adjacent to an activating group) is 1. The van der Waals surface area contributed by atoms with Crippen LogP contribution in [0.2, 0.25) is 0 Å². The van der Waals surface area contributed by atoms with Crippen LogP contribution in [-0.2, 0) is 0 Å². The highest BCUT2D eigenvalue weighted by atomic mass is 16.5. The molecule has 0 aromatic heterocycles. The minimum atomic E-state index is -0.410. The summed E-state index contributed by atoms with van der Waals surface area (Å²) < 4.78 is 6.76. The van der Waals surface area contributed by atoms with Crippen molar-refractivity contribution in [2.24, 2.45) is 0 Å². The van der Waals surface area contributed by atoms with Crippen LogP contribution in [0.1, 0.15) is 38.2 Å². The summed E-state index contributed by atoms with van der Waals surface area (Å²) >= 11 is 0. The quantitative estimate of drug-likeness (QED) is 0.741. The summed E-state index contributed by atoms with van der Waals surface area (Å²) in [6, 6.07) is 8.25. The number of aliphatic hydroxyl groups is 1. The van der Waals surface area contributed by atoms with Gasteiger partial charge in [0.25, 0.3) is 0 Å². The zero-order valence-corrected chi connectivity index (χ0v) is 13.0. The first kappa shape index (κ1) is 15.3. The Hall–Kier alpha value is -1.06. The van der Waals surface area contributed by atoms with Gasteiger partial charge in [0, 0.05) is 0 Å². The van der Waals surface area contributed by atoms with Gasteiger partial charge in [-0.15, -0.1) is 0 Å². The average Bonchev–Trinajstić information content (AvgIpc) is 3.30. The molecule has 1 saturated carbocycles. The molecule has 3 heteroatoms. The van der Waals surface area contributed by atoms with Crippen molar-refractivity contribution in [3.05, 3.63) is 29.8 Å². The van der Waals surface area contributed by atoms with Gasteiger partial charge in [0.05, 0.1) is 20.1 Å². The molecule has 0 amide bonds. The van der Waals surface area contributed by atoms with Crippen molar-refractivity contribution in [3.8, 4) is 5.75 Å². The number of benzene rings is 1. The van der Waals surface area contributed by atoms with Crippen molar-refractivity contribution in [3.63, 3.8) is 0 Å². The lowest BCUT2D eigenvalue weighted by molar-refractivity contribution is -0.909. The summed E-state index contributed by atoms with van der Waals surface area (Å²) in [5.41, 5.74) is 1.31. The molecule has 0 radical (unpaired) electrons. The molecule has 0 saturated heterocycles. The van der Waals surface area contributed by atoms with Gasteiger partial charge in [-0.1, -0.05) is 18.2 Å². The molecule has 1 N–H and O–H groups in total. The molecule has 1 unspecified atom stereocenters. The number of para-hydroxylation sites is 1. The summed E-state index contributed by atoms with van der Waals surface area (Å²) in [6.07, 6.45) is 2.12. The number of hydrogen-bond donors (Lipinski definition) is 1. The highest BCUT2D eigenvalue weighted by Gasteiger charge is 2.27. The summed E-state index contributed by atoms with van der Waals surface area (Å²) in [5, 5.41) is 10.2. The Labute approximate surface area is 122 Å². The molecular formula is C17H28NO2+. The minimum Gasteiger partial charge on any atom is -0.490 e. The second kappa shape index (κ2) is 6.59. The van der Waals surface area contributed by atoms with E-state index in [0.29, 0.717) is 12.5 Å². The molecule has 2 rings (SSSR count). The van der Waals surface area contributed by atoms with Crippen LogP contribution in [0.15, 0.2) is 24.3 Å². The van der Waals surface area contributed by atoms with Crippen LogP contribution < -0.4 is 4.74 Å². The van der Waals surface area contributed by atoms with E-state index in [-0.39, 0.29) is 0 Å². The van der Waals surface area contributed by atoms with Gasteiger partial charge < -0.3 is 14.3 Å². The minimum absolute atomic E-state index is 0.386. The maximum absolute atomic E-state index is 10.2. The Bertz CT molecular complexity index is 425. The lowest BCUT2D eigenvalue weighted by Gasteiger charge is -2.33. The van der Waals surface area contributed by atoms with E-state index in [1.165, 1.54) is 18.4 Å². The van der Waals surface area contributed by atoms with E-state index in [1.54, 1.807) is 0 Å². The first-order valence-electron chi connectivity index (χ1n) is 7.81. The molecule has 3 nitrogen and oxygen atoms in total. The van der Waals surface area contributed by atoms with Crippen LogP contribution in [0.3, 0.4) is 0 Å². The zero-order chi connectivity index (χ0) is 14.6. The summed E-state index contributed by atoms with van der Waals surface area (Å²) in [6.45, 7) is 7.54. The number of nitrogens with zero attached hydrogens (tertiary/aromatic N) is 1. The van der Waals surface area contributed by atoms with Gasteiger partial charge in [0.1, 0.15) is 25.0 Å². The van der Waals surface area contributed by atoms with Crippen LogP contribution in [0.5, 0.6) is 5.75 Å². The van der Waals surface area contributed by atoms with Gasteiger partial charge in [0.2, 0.25) is 0 Å². The van der Waals surface area contributed by atoms with E-state index in [2.05, 4.69) is 33.0 Å². The normalized spacial score (nSPS) is 17.0. The smallest absolute Gasteiger partial charge is 0.137 e. The number of rotatable bonds is 8. The van der Waals surface area contributed by atoms with Crippen molar-refractivity contribution in [1.29, 1.82) is 0 Å². The number of ether oxygens (including phenoxy) is 1. The highest BCUT2D eigenvalue weighted by Crippen LogP contribution is 2.44. The maximum Gasteiger partial charge on any atom is 0.137 e. The van der Waals surface area contributed by atoms with Crippen LogP contribution in [-0.4, -0.2) is 49.0 Å². The van der Waals surface area contributed by atoms with Crippen LogP contribution in [0.25, 0.3) is 0 Å². The molecule has 1 atom stereocenters.